The third-order valence-electron chi connectivity index (χ3n) is 4.48. The molecule has 1 aliphatic carbocycles. The van der Waals surface area contributed by atoms with Gasteiger partial charge in [-0.25, -0.2) is 9.59 Å². The Bertz CT molecular complexity index is 904. The van der Waals surface area contributed by atoms with Crippen molar-refractivity contribution in [3.05, 3.63) is 45.8 Å². The molecule has 148 valence electrons. The Balaban J connectivity index is 1.69. The van der Waals surface area contributed by atoms with E-state index >= 15 is 0 Å². The van der Waals surface area contributed by atoms with Gasteiger partial charge in [-0.05, 0) is 43.4 Å². The van der Waals surface area contributed by atoms with Crippen LogP contribution in [0.1, 0.15) is 44.0 Å². The number of nitrogens with one attached hydrogen (secondary N) is 1. The highest BCUT2D eigenvalue weighted by Gasteiger charge is 2.27. The van der Waals surface area contributed by atoms with Gasteiger partial charge in [-0.3, -0.25) is 4.79 Å². The third kappa shape index (κ3) is 4.17. The first kappa shape index (κ1) is 19.9. The lowest BCUT2D eigenvalue weighted by molar-refractivity contribution is -0.119. The van der Waals surface area contributed by atoms with Crippen LogP contribution >= 0.6 is 11.3 Å². The number of hydrogen-bond donors (Lipinski definition) is 1. The summed E-state index contributed by atoms with van der Waals surface area (Å²) in [6.07, 6.45) is 3.72. The molecule has 1 aromatic heterocycles. The zero-order valence-electron chi connectivity index (χ0n) is 15.7. The maximum Gasteiger partial charge on any atom is 0.342 e. The lowest BCUT2D eigenvalue weighted by atomic mass is 9.95. The second kappa shape index (κ2) is 8.88. The van der Waals surface area contributed by atoms with Crippen LogP contribution in [-0.4, -0.2) is 38.7 Å². The van der Waals surface area contributed by atoms with Gasteiger partial charge in [-0.15, -0.1) is 11.3 Å². The van der Waals surface area contributed by atoms with Gasteiger partial charge in [0.25, 0.3) is 5.91 Å². The molecule has 28 heavy (non-hydrogen) atoms. The van der Waals surface area contributed by atoms with E-state index in [4.69, 9.17) is 14.2 Å². The van der Waals surface area contributed by atoms with Crippen molar-refractivity contribution in [3.63, 3.8) is 0 Å². The maximum atomic E-state index is 12.3. The highest BCUT2D eigenvalue weighted by Crippen LogP contribution is 2.38. The average molecular weight is 403 g/mol. The van der Waals surface area contributed by atoms with Crippen LogP contribution in [0.25, 0.3) is 0 Å². The quantitative estimate of drug-likeness (QED) is 0.745. The van der Waals surface area contributed by atoms with E-state index in [1.54, 1.807) is 24.3 Å². The van der Waals surface area contributed by atoms with Crippen LogP contribution in [0.5, 0.6) is 5.75 Å². The normalized spacial score (nSPS) is 12.6. The number of hydrogen-bond acceptors (Lipinski definition) is 7. The number of carbonyl (C=O) groups is 3. The summed E-state index contributed by atoms with van der Waals surface area (Å²) in [5.74, 6) is -1.29. The molecule has 1 heterocycles. The molecule has 0 saturated heterocycles. The van der Waals surface area contributed by atoms with Crippen molar-refractivity contribution in [2.24, 2.45) is 0 Å². The summed E-state index contributed by atoms with van der Waals surface area (Å²) in [6, 6.07) is 6.60. The summed E-state index contributed by atoms with van der Waals surface area (Å²) in [5.41, 5.74) is 1.59. The molecule has 0 saturated carbocycles. The molecular weight excluding hydrogens is 382 g/mol. The summed E-state index contributed by atoms with van der Waals surface area (Å²) < 4.78 is 15.1. The van der Waals surface area contributed by atoms with Crippen LogP contribution in [0.2, 0.25) is 0 Å². The number of carbonyl (C=O) groups excluding carboxylic acids is 3. The molecule has 0 unspecified atom stereocenters. The summed E-state index contributed by atoms with van der Waals surface area (Å²) in [5, 5.41) is 3.13. The Morgan fingerprint density at radius 3 is 2.57 bits per heavy atom. The predicted molar refractivity (Wildman–Crippen MR) is 104 cm³/mol. The number of methoxy groups -OCH3 is 2. The molecule has 1 amide bonds. The zero-order chi connectivity index (χ0) is 20.1. The summed E-state index contributed by atoms with van der Waals surface area (Å²) in [6.45, 7) is -0.472. The molecule has 1 aliphatic rings. The summed E-state index contributed by atoms with van der Waals surface area (Å²) >= 11 is 1.38. The topological polar surface area (TPSA) is 90.9 Å². The standard InChI is InChI=1S/C20H21NO6S/c1-25-14-9-5-3-7-12(14)19(23)27-11-16(22)21-18-17(20(24)26-2)13-8-4-6-10-15(13)28-18/h3,5,7,9H,4,6,8,10-11H2,1-2H3,(H,21,22). The fourth-order valence-corrected chi connectivity index (χ4v) is 4.45. The second-order valence-corrected chi connectivity index (χ2v) is 7.34. The number of rotatable bonds is 6. The first-order chi connectivity index (χ1) is 13.5. The van der Waals surface area contributed by atoms with Gasteiger partial charge in [0.1, 0.15) is 16.3 Å². The molecule has 8 heteroatoms. The van der Waals surface area contributed by atoms with Gasteiger partial charge in [0.15, 0.2) is 6.61 Å². The van der Waals surface area contributed by atoms with Crippen molar-refractivity contribution in [2.75, 3.05) is 26.1 Å². The van der Waals surface area contributed by atoms with E-state index in [9.17, 15) is 14.4 Å². The van der Waals surface area contributed by atoms with E-state index in [0.29, 0.717) is 16.3 Å². The van der Waals surface area contributed by atoms with E-state index in [2.05, 4.69) is 5.32 Å². The third-order valence-corrected chi connectivity index (χ3v) is 5.68. The number of ether oxygens (including phenoxy) is 3. The van der Waals surface area contributed by atoms with Gasteiger partial charge in [-0.2, -0.15) is 0 Å². The predicted octanol–water partition coefficient (Wildman–Crippen LogP) is 3.22. The minimum Gasteiger partial charge on any atom is -0.496 e. The minimum atomic E-state index is -0.661. The van der Waals surface area contributed by atoms with Crippen molar-refractivity contribution in [3.8, 4) is 5.75 Å². The van der Waals surface area contributed by atoms with E-state index in [-0.39, 0.29) is 5.56 Å². The van der Waals surface area contributed by atoms with Gasteiger partial charge in [-0.1, -0.05) is 12.1 Å². The van der Waals surface area contributed by atoms with E-state index < -0.39 is 24.5 Å². The van der Waals surface area contributed by atoms with Crippen molar-refractivity contribution < 1.29 is 28.6 Å². The number of benzene rings is 1. The molecule has 0 aliphatic heterocycles. The number of anilines is 1. The van der Waals surface area contributed by atoms with Gasteiger partial charge in [0.05, 0.1) is 19.8 Å². The van der Waals surface area contributed by atoms with Crippen LogP contribution in [0.3, 0.4) is 0 Å². The lowest BCUT2D eigenvalue weighted by Crippen LogP contribution is -2.22. The highest BCUT2D eigenvalue weighted by atomic mass is 32.1. The molecule has 1 aromatic carbocycles. The largest absolute Gasteiger partial charge is 0.496 e. The molecule has 7 nitrogen and oxygen atoms in total. The molecule has 0 fully saturated rings. The van der Waals surface area contributed by atoms with E-state index in [1.807, 2.05) is 0 Å². The number of amides is 1. The average Bonchev–Trinajstić information content (AvgIpc) is 3.09. The van der Waals surface area contributed by atoms with Gasteiger partial charge < -0.3 is 19.5 Å². The number of thiophene rings is 1. The Labute approximate surface area is 166 Å². The molecule has 1 N–H and O–H groups in total. The molecule has 2 aromatic rings. The lowest BCUT2D eigenvalue weighted by Gasteiger charge is -2.12. The highest BCUT2D eigenvalue weighted by molar-refractivity contribution is 7.17. The Hall–Kier alpha value is -2.87. The van der Waals surface area contributed by atoms with Gasteiger partial charge >= 0.3 is 11.9 Å². The fraction of sp³-hybridized carbons (Fsp3) is 0.350. The van der Waals surface area contributed by atoms with Crippen LogP contribution in [0, 0.1) is 0 Å². The van der Waals surface area contributed by atoms with Crippen molar-refractivity contribution in [2.45, 2.75) is 25.7 Å². The molecule has 0 spiro atoms. The van der Waals surface area contributed by atoms with Crippen LogP contribution in [-0.2, 0) is 27.1 Å². The van der Waals surface area contributed by atoms with E-state index in [1.165, 1.54) is 25.6 Å². The number of esters is 2. The second-order valence-electron chi connectivity index (χ2n) is 6.23. The molecule has 0 radical (unpaired) electrons. The smallest absolute Gasteiger partial charge is 0.342 e. The Morgan fingerprint density at radius 2 is 1.82 bits per heavy atom. The van der Waals surface area contributed by atoms with Crippen LogP contribution in [0.4, 0.5) is 5.00 Å². The van der Waals surface area contributed by atoms with Crippen molar-refractivity contribution >= 4 is 34.2 Å². The summed E-state index contributed by atoms with van der Waals surface area (Å²) in [7, 11) is 2.77. The SMILES string of the molecule is COC(=O)c1c(NC(=O)COC(=O)c2ccccc2OC)sc2c1CCCC2. The molecule has 0 bridgehead atoms. The Kier molecular flexibility index (Phi) is 6.30. The summed E-state index contributed by atoms with van der Waals surface area (Å²) in [4.78, 5) is 37.8. The molecule has 3 rings (SSSR count). The van der Waals surface area contributed by atoms with Gasteiger partial charge in [0, 0.05) is 4.88 Å². The zero-order valence-corrected chi connectivity index (χ0v) is 16.5. The monoisotopic (exact) mass is 403 g/mol. The number of fused-ring (bicyclic) bond motifs is 1. The van der Waals surface area contributed by atoms with E-state index in [0.717, 1.165) is 36.1 Å². The van der Waals surface area contributed by atoms with Crippen molar-refractivity contribution in [1.29, 1.82) is 0 Å². The number of aryl methyl sites for hydroxylation is 1. The van der Waals surface area contributed by atoms with Gasteiger partial charge in [0.2, 0.25) is 0 Å². The minimum absolute atomic E-state index is 0.236. The number of para-hydroxylation sites is 1. The fourth-order valence-electron chi connectivity index (χ4n) is 3.16. The first-order valence-electron chi connectivity index (χ1n) is 8.88. The van der Waals surface area contributed by atoms with Crippen molar-refractivity contribution in [1.82, 2.24) is 0 Å². The van der Waals surface area contributed by atoms with Crippen LogP contribution in [0.15, 0.2) is 24.3 Å². The maximum absolute atomic E-state index is 12.3. The first-order valence-corrected chi connectivity index (χ1v) is 9.69. The molecular formula is C20H21NO6S. The van der Waals surface area contributed by atoms with Crippen LogP contribution < -0.4 is 10.1 Å². The molecule has 0 atom stereocenters. The Morgan fingerprint density at radius 1 is 1.07 bits per heavy atom.